The van der Waals surface area contributed by atoms with Gasteiger partial charge in [0.2, 0.25) is 0 Å². The van der Waals surface area contributed by atoms with Gasteiger partial charge in [0.1, 0.15) is 20.2 Å². The molecule has 0 radical (unpaired) electrons. The monoisotopic (exact) mass is 266 g/mol. The quantitative estimate of drug-likeness (QED) is 0.290. The summed E-state index contributed by atoms with van der Waals surface area (Å²) in [7, 11) is -11.1. The fraction of sp³-hybridized carbons (Fsp3) is 1.00. The summed E-state index contributed by atoms with van der Waals surface area (Å²) < 4.78 is 56.5. The Morgan fingerprint density at radius 2 is 1.07 bits per heavy atom. The molecular weight excluding hydrogens is 262 g/mol. The molecular formula is C2H4Na2O8S2. The second-order valence-electron chi connectivity index (χ2n) is 1.77. The number of aliphatic hydroxyl groups is 2. The molecule has 0 aliphatic heterocycles. The summed E-state index contributed by atoms with van der Waals surface area (Å²) in [6, 6.07) is 0. The van der Waals surface area contributed by atoms with Gasteiger partial charge < -0.3 is 19.3 Å². The molecule has 0 rings (SSSR count). The van der Waals surface area contributed by atoms with Crippen LogP contribution in [0.25, 0.3) is 0 Å². The van der Waals surface area contributed by atoms with Crippen molar-refractivity contribution in [2.24, 2.45) is 0 Å². The summed E-state index contributed by atoms with van der Waals surface area (Å²) in [4.78, 5) is 0. The maximum Gasteiger partial charge on any atom is 1.00 e. The van der Waals surface area contributed by atoms with Gasteiger partial charge in [-0.15, -0.1) is 0 Å². The number of hydrogen-bond donors (Lipinski definition) is 2. The van der Waals surface area contributed by atoms with E-state index in [4.69, 9.17) is 10.2 Å². The van der Waals surface area contributed by atoms with Crippen LogP contribution in [0, 0.1) is 0 Å². The predicted molar refractivity (Wildman–Crippen MR) is 31.4 cm³/mol. The third kappa shape index (κ3) is 7.09. The van der Waals surface area contributed by atoms with E-state index in [1.807, 2.05) is 0 Å². The second kappa shape index (κ2) is 7.14. The van der Waals surface area contributed by atoms with Crippen LogP contribution in [0.15, 0.2) is 0 Å². The number of rotatable bonds is 3. The average molecular weight is 266 g/mol. The van der Waals surface area contributed by atoms with E-state index >= 15 is 0 Å². The van der Waals surface area contributed by atoms with E-state index in [1.54, 1.807) is 0 Å². The molecule has 0 saturated carbocycles. The first-order valence-electron chi connectivity index (χ1n) is 2.32. The van der Waals surface area contributed by atoms with Crippen LogP contribution in [-0.2, 0) is 20.2 Å². The van der Waals surface area contributed by atoms with Crippen LogP contribution in [0.5, 0.6) is 0 Å². The van der Waals surface area contributed by atoms with E-state index in [9.17, 15) is 25.9 Å². The summed E-state index contributed by atoms with van der Waals surface area (Å²) in [6.07, 6.45) is -3.03. The molecule has 0 aliphatic rings. The molecule has 0 atom stereocenters. The van der Waals surface area contributed by atoms with Crippen molar-refractivity contribution in [2.75, 3.05) is 0 Å². The molecule has 14 heavy (non-hydrogen) atoms. The van der Waals surface area contributed by atoms with Crippen molar-refractivity contribution in [1.82, 2.24) is 0 Å². The third-order valence-corrected chi connectivity index (χ3v) is 3.85. The molecule has 8 nitrogen and oxygen atoms in total. The second-order valence-corrected chi connectivity index (χ2v) is 5.05. The third-order valence-electron chi connectivity index (χ3n) is 0.812. The molecule has 0 saturated heterocycles. The summed E-state index contributed by atoms with van der Waals surface area (Å²) in [5.41, 5.74) is 0. The van der Waals surface area contributed by atoms with Crippen molar-refractivity contribution in [1.29, 1.82) is 0 Å². The van der Waals surface area contributed by atoms with E-state index in [0.717, 1.165) is 0 Å². The smallest absolute Gasteiger partial charge is 0.747 e. The van der Waals surface area contributed by atoms with Crippen LogP contribution < -0.4 is 59.1 Å². The summed E-state index contributed by atoms with van der Waals surface area (Å²) in [5, 5.41) is 16.2. The Bertz CT molecular complexity index is 310. The number of hydrogen-bond acceptors (Lipinski definition) is 8. The molecule has 12 heteroatoms. The molecule has 0 aromatic carbocycles. The first-order chi connectivity index (χ1) is 5.07. The van der Waals surface area contributed by atoms with Gasteiger partial charge in [0.15, 0.2) is 10.9 Å². The zero-order valence-corrected chi connectivity index (χ0v) is 12.9. The van der Waals surface area contributed by atoms with Crippen molar-refractivity contribution < 1.29 is 95.3 Å². The van der Waals surface area contributed by atoms with Crippen molar-refractivity contribution in [2.45, 2.75) is 10.9 Å². The molecule has 0 aliphatic carbocycles. The summed E-state index contributed by atoms with van der Waals surface area (Å²) >= 11 is 0. The minimum atomic E-state index is -5.57. The maximum absolute atomic E-state index is 9.96. The first-order valence-corrected chi connectivity index (χ1v) is 5.26. The Kier molecular flexibility index (Phi) is 10.7. The molecule has 74 valence electrons. The Morgan fingerprint density at radius 3 is 1.07 bits per heavy atom. The van der Waals surface area contributed by atoms with Gasteiger partial charge in [0.05, 0.1) is 0 Å². The first kappa shape index (κ1) is 21.1. The van der Waals surface area contributed by atoms with E-state index < -0.39 is 31.1 Å². The molecule has 2 N–H and O–H groups in total. The standard InChI is InChI=1S/C2H6O8S2.2Na/c3-1(4)2(11(5,6)7)12(8,9)10;;/h1-4H,(H,5,6,7)(H,8,9,10);;/q;2*+1/p-2. The van der Waals surface area contributed by atoms with Gasteiger partial charge in [-0.2, -0.15) is 0 Å². The van der Waals surface area contributed by atoms with Crippen molar-refractivity contribution in [3.05, 3.63) is 0 Å². The molecule has 0 heterocycles. The van der Waals surface area contributed by atoms with Gasteiger partial charge in [0.25, 0.3) is 0 Å². The van der Waals surface area contributed by atoms with Gasteiger partial charge in [-0.1, -0.05) is 0 Å². The van der Waals surface area contributed by atoms with Crippen molar-refractivity contribution >= 4 is 20.2 Å². The van der Waals surface area contributed by atoms with Crippen LogP contribution in [0.3, 0.4) is 0 Å². The Balaban J connectivity index is -0.000000605. The molecule has 0 amide bonds. The van der Waals surface area contributed by atoms with Crippen molar-refractivity contribution in [3.63, 3.8) is 0 Å². The van der Waals surface area contributed by atoms with Gasteiger partial charge in [-0.3, -0.25) is 0 Å². The molecule has 0 spiro atoms. The summed E-state index contributed by atoms with van der Waals surface area (Å²) in [6.45, 7) is 0. The molecule has 0 fully saturated rings. The molecule has 0 aromatic heterocycles. The van der Waals surface area contributed by atoms with Crippen LogP contribution >= 0.6 is 0 Å². The molecule has 0 bridgehead atoms. The number of aliphatic hydroxyl groups excluding tert-OH is 1. The maximum atomic E-state index is 9.96. The largest absolute Gasteiger partial charge is 1.00 e. The molecule has 0 aromatic rings. The zero-order valence-electron chi connectivity index (χ0n) is 7.32. The minimum absolute atomic E-state index is 0. The minimum Gasteiger partial charge on any atom is -0.747 e. The van der Waals surface area contributed by atoms with E-state index in [1.165, 1.54) is 0 Å². The zero-order chi connectivity index (χ0) is 10.2. The van der Waals surface area contributed by atoms with Gasteiger partial charge in [0, 0.05) is 0 Å². The van der Waals surface area contributed by atoms with Crippen LogP contribution in [0.4, 0.5) is 0 Å². The van der Waals surface area contributed by atoms with Gasteiger partial charge >= 0.3 is 59.1 Å². The SMILES string of the molecule is O=S(=O)([O-])C(C(O)O)S(=O)(=O)[O-].[Na+].[Na+]. The van der Waals surface area contributed by atoms with Crippen LogP contribution in [0.2, 0.25) is 0 Å². The van der Waals surface area contributed by atoms with E-state index in [2.05, 4.69) is 0 Å². The topological polar surface area (TPSA) is 155 Å². The Morgan fingerprint density at radius 1 is 0.857 bits per heavy atom. The van der Waals surface area contributed by atoms with Crippen LogP contribution in [-0.4, -0.2) is 47.0 Å². The normalized spacial score (nSPS) is 12.1. The predicted octanol–water partition coefficient (Wildman–Crippen LogP) is -9.28. The van der Waals surface area contributed by atoms with Crippen LogP contribution in [0.1, 0.15) is 0 Å². The van der Waals surface area contributed by atoms with E-state index in [-0.39, 0.29) is 59.1 Å². The fourth-order valence-corrected chi connectivity index (χ4v) is 2.19. The molecule has 0 unspecified atom stereocenters. The van der Waals surface area contributed by atoms with E-state index in [0.29, 0.717) is 0 Å². The summed E-state index contributed by atoms with van der Waals surface area (Å²) in [5.74, 6) is 0. The Labute approximate surface area is 125 Å². The Hall–Kier alpha value is 1.74. The fourth-order valence-electron chi connectivity index (χ4n) is 0.442. The van der Waals surface area contributed by atoms with Gasteiger partial charge in [-0.05, 0) is 0 Å². The average Bonchev–Trinajstić information content (AvgIpc) is 1.49. The van der Waals surface area contributed by atoms with Crippen molar-refractivity contribution in [3.8, 4) is 0 Å². The van der Waals surface area contributed by atoms with Gasteiger partial charge in [-0.25, -0.2) is 16.8 Å².